The van der Waals surface area contributed by atoms with Gasteiger partial charge in [-0.3, -0.25) is 24.6 Å². The molecule has 0 unspecified atom stereocenters. The number of rotatable bonds is 8. The molecule has 2 aromatic rings. The van der Waals surface area contributed by atoms with Crippen molar-refractivity contribution in [2.75, 3.05) is 22.5 Å². The molecular weight excluding hydrogens is 378 g/mol. The van der Waals surface area contributed by atoms with E-state index in [-0.39, 0.29) is 29.6 Å². The van der Waals surface area contributed by atoms with Crippen LogP contribution in [0.3, 0.4) is 0 Å². The third-order valence-electron chi connectivity index (χ3n) is 4.48. The molecule has 0 saturated carbocycles. The highest BCUT2D eigenvalue weighted by Gasteiger charge is 2.37. The van der Waals surface area contributed by atoms with Gasteiger partial charge in [0.15, 0.2) is 0 Å². The van der Waals surface area contributed by atoms with E-state index in [0.29, 0.717) is 12.2 Å². The summed E-state index contributed by atoms with van der Waals surface area (Å²) in [7, 11) is 0. The summed E-state index contributed by atoms with van der Waals surface area (Å²) in [4.78, 5) is 36.2. The van der Waals surface area contributed by atoms with Crippen molar-refractivity contribution in [3.8, 4) is 0 Å². The fourth-order valence-electron chi connectivity index (χ4n) is 3.04. The minimum Gasteiger partial charge on any atom is -0.379 e. The van der Waals surface area contributed by atoms with Crippen LogP contribution < -0.4 is 10.2 Å². The Balaban J connectivity index is 1.62. The van der Waals surface area contributed by atoms with E-state index in [1.54, 1.807) is 30.8 Å². The Morgan fingerprint density at radius 2 is 1.96 bits per heavy atom. The minimum absolute atomic E-state index is 0.130. The van der Waals surface area contributed by atoms with E-state index in [0.717, 1.165) is 16.4 Å². The molecule has 0 aromatic heterocycles. The number of imide groups is 1. The molecule has 2 aromatic carbocycles. The Morgan fingerprint density at radius 1 is 1.21 bits per heavy atom. The summed E-state index contributed by atoms with van der Waals surface area (Å²) in [5.41, 5.74) is 1.71. The van der Waals surface area contributed by atoms with Gasteiger partial charge in [0.05, 0.1) is 10.6 Å². The van der Waals surface area contributed by atoms with Gasteiger partial charge in [-0.05, 0) is 17.7 Å². The van der Waals surface area contributed by atoms with Crippen LogP contribution in [0.2, 0.25) is 0 Å². The van der Waals surface area contributed by atoms with Crippen molar-refractivity contribution >= 4 is 40.6 Å². The van der Waals surface area contributed by atoms with E-state index in [9.17, 15) is 19.7 Å². The normalized spacial score (nSPS) is 16.5. The van der Waals surface area contributed by atoms with Gasteiger partial charge in [0.1, 0.15) is 5.69 Å². The standard InChI is InChI=1S/C20H21N3O4S/c1-14-11-19(24)22(20(14)25)16-7-8-17(18(12-16)23(26)27)21-9-10-28-13-15-5-3-2-4-6-15/h2-8,12,14,21H,9-11,13H2,1H3/t14-/m1/s1. The number of benzene rings is 2. The van der Waals surface area contributed by atoms with Gasteiger partial charge in [0.2, 0.25) is 11.8 Å². The Hall–Kier alpha value is -2.87. The highest BCUT2D eigenvalue weighted by Crippen LogP contribution is 2.33. The third kappa shape index (κ3) is 4.51. The van der Waals surface area contributed by atoms with Gasteiger partial charge in [-0.1, -0.05) is 37.3 Å². The zero-order chi connectivity index (χ0) is 20.1. The number of nitro groups is 1. The van der Waals surface area contributed by atoms with Crippen LogP contribution in [0.1, 0.15) is 18.9 Å². The van der Waals surface area contributed by atoms with Crippen LogP contribution in [0.25, 0.3) is 0 Å². The van der Waals surface area contributed by atoms with Crippen LogP contribution in [0.5, 0.6) is 0 Å². The molecular formula is C20H21N3O4S. The van der Waals surface area contributed by atoms with Crippen molar-refractivity contribution in [2.24, 2.45) is 5.92 Å². The fraction of sp³-hybridized carbons (Fsp3) is 0.300. The topological polar surface area (TPSA) is 92.6 Å². The predicted octanol–water partition coefficient (Wildman–Crippen LogP) is 3.84. The van der Waals surface area contributed by atoms with Crippen LogP contribution in [-0.2, 0) is 15.3 Å². The maximum Gasteiger partial charge on any atom is 0.294 e. The van der Waals surface area contributed by atoms with E-state index in [4.69, 9.17) is 0 Å². The number of thioether (sulfide) groups is 1. The number of anilines is 2. The van der Waals surface area contributed by atoms with Gasteiger partial charge in [-0.25, -0.2) is 0 Å². The van der Waals surface area contributed by atoms with Crippen LogP contribution in [0.4, 0.5) is 17.1 Å². The largest absolute Gasteiger partial charge is 0.379 e. The summed E-state index contributed by atoms with van der Waals surface area (Å²) in [6, 6.07) is 14.5. The smallest absolute Gasteiger partial charge is 0.294 e. The summed E-state index contributed by atoms with van der Waals surface area (Å²) in [5, 5.41) is 14.5. The van der Waals surface area contributed by atoms with Crippen LogP contribution >= 0.6 is 11.8 Å². The van der Waals surface area contributed by atoms with Crippen LogP contribution in [0, 0.1) is 16.0 Å². The quantitative estimate of drug-likeness (QED) is 0.314. The molecule has 28 heavy (non-hydrogen) atoms. The predicted molar refractivity (Wildman–Crippen MR) is 110 cm³/mol. The lowest BCUT2D eigenvalue weighted by Gasteiger charge is -2.15. The number of carbonyl (C=O) groups is 2. The highest BCUT2D eigenvalue weighted by molar-refractivity contribution is 7.98. The Kier molecular flexibility index (Phi) is 6.30. The minimum atomic E-state index is -0.503. The second kappa shape index (κ2) is 8.88. The number of hydrogen-bond donors (Lipinski definition) is 1. The molecule has 1 aliphatic rings. The first-order valence-electron chi connectivity index (χ1n) is 8.98. The van der Waals surface area contributed by atoms with Gasteiger partial charge in [-0.15, -0.1) is 0 Å². The maximum absolute atomic E-state index is 12.2. The van der Waals surface area contributed by atoms with E-state index in [1.165, 1.54) is 11.6 Å². The Labute approximate surface area is 167 Å². The summed E-state index contributed by atoms with van der Waals surface area (Å²) >= 11 is 1.73. The average molecular weight is 399 g/mol. The fourth-order valence-corrected chi connectivity index (χ4v) is 3.86. The Bertz CT molecular complexity index is 888. The lowest BCUT2D eigenvalue weighted by Crippen LogP contribution is -2.30. The van der Waals surface area contributed by atoms with Gasteiger partial charge >= 0.3 is 0 Å². The van der Waals surface area contributed by atoms with Gasteiger partial charge in [-0.2, -0.15) is 11.8 Å². The number of nitrogens with zero attached hydrogens (tertiary/aromatic N) is 2. The van der Waals surface area contributed by atoms with Crippen molar-refractivity contribution < 1.29 is 14.5 Å². The number of amides is 2. The monoisotopic (exact) mass is 399 g/mol. The summed E-state index contributed by atoms with van der Waals surface area (Å²) in [6.07, 6.45) is 0.130. The maximum atomic E-state index is 12.2. The van der Waals surface area contributed by atoms with Crippen LogP contribution in [-0.4, -0.2) is 29.0 Å². The van der Waals surface area contributed by atoms with E-state index in [1.807, 2.05) is 18.2 Å². The van der Waals surface area contributed by atoms with Crippen molar-refractivity contribution in [2.45, 2.75) is 19.1 Å². The van der Waals surface area contributed by atoms with Crippen LogP contribution in [0.15, 0.2) is 48.5 Å². The zero-order valence-corrected chi connectivity index (χ0v) is 16.3. The molecule has 146 valence electrons. The molecule has 0 aliphatic carbocycles. The second-order valence-corrected chi connectivity index (χ2v) is 7.70. The third-order valence-corrected chi connectivity index (χ3v) is 5.51. The van der Waals surface area contributed by atoms with Crippen molar-refractivity contribution in [3.63, 3.8) is 0 Å². The number of hydrogen-bond acceptors (Lipinski definition) is 6. The van der Waals surface area contributed by atoms with E-state index < -0.39 is 10.8 Å². The molecule has 0 bridgehead atoms. The second-order valence-electron chi connectivity index (χ2n) is 6.60. The lowest BCUT2D eigenvalue weighted by molar-refractivity contribution is -0.383. The molecule has 1 atom stereocenters. The first-order valence-corrected chi connectivity index (χ1v) is 10.1. The van der Waals surface area contributed by atoms with Crippen molar-refractivity contribution in [1.82, 2.24) is 0 Å². The molecule has 7 nitrogen and oxygen atoms in total. The van der Waals surface area contributed by atoms with Gasteiger partial charge < -0.3 is 5.32 Å². The molecule has 2 amide bonds. The summed E-state index contributed by atoms with van der Waals surface area (Å²) in [5.74, 6) is 0.614. The lowest BCUT2D eigenvalue weighted by atomic mass is 10.1. The SMILES string of the molecule is C[C@@H]1CC(=O)N(c2ccc(NCCSCc3ccccc3)c([N+](=O)[O-])c2)C1=O. The highest BCUT2D eigenvalue weighted by atomic mass is 32.2. The molecule has 1 fully saturated rings. The molecule has 1 N–H and O–H groups in total. The van der Waals surface area contributed by atoms with Gasteiger partial charge in [0.25, 0.3) is 5.69 Å². The molecule has 1 saturated heterocycles. The zero-order valence-electron chi connectivity index (χ0n) is 15.5. The average Bonchev–Trinajstić information content (AvgIpc) is 2.94. The number of nitro benzene ring substituents is 1. The Morgan fingerprint density at radius 3 is 2.61 bits per heavy atom. The molecule has 1 heterocycles. The molecule has 3 rings (SSSR count). The van der Waals surface area contributed by atoms with Gasteiger partial charge in [0, 0.05) is 36.5 Å². The first-order chi connectivity index (χ1) is 13.5. The molecule has 1 aliphatic heterocycles. The number of carbonyl (C=O) groups excluding carboxylic acids is 2. The first kappa shape index (κ1) is 19.9. The molecule has 0 radical (unpaired) electrons. The molecule has 8 heteroatoms. The van der Waals surface area contributed by atoms with Crippen molar-refractivity contribution in [1.29, 1.82) is 0 Å². The summed E-state index contributed by atoms with van der Waals surface area (Å²) < 4.78 is 0. The summed E-state index contributed by atoms with van der Waals surface area (Å²) in [6.45, 7) is 2.24. The molecule has 0 spiro atoms. The van der Waals surface area contributed by atoms with E-state index >= 15 is 0 Å². The van der Waals surface area contributed by atoms with E-state index in [2.05, 4.69) is 17.4 Å². The van der Waals surface area contributed by atoms with Crippen molar-refractivity contribution in [3.05, 3.63) is 64.2 Å². The number of nitrogens with one attached hydrogen (secondary N) is 1.